The van der Waals surface area contributed by atoms with Crippen LogP contribution < -0.4 is 9.47 Å². The SMILES string of the molecule is COC=C(C(=O)O)c1ccccc1COc1cc(C(C)=NOCc2ccccc2)ccc1OC. The van der Waals surface area contributed by atoms with E-state index in [0.717, 1.165) is 11.1 Å². The molecule has 0 saturated heterocycles. The molecule has 0 aliphatic heterocycles. The van der Waals surface area contributed by atoms with Crippen LogP contribution in [-0.2, 0) is 27.6 Å². The smallest absolute Gasteiger partial charge is 0.339 e. The van der Waals surface area contributed by atoms with Crippen molar-refractivity contribution in [3.63, 3.8) is 0 Å². The van der Waals surface area contributed by atoms with E-state index in [2.05, 4.69) is 5.16 Å². The number of hydrogen-bond donors (Lipinski definition) is 1. The quantitative estimate of drug-likeness (QED) is 0.181. The lowest BCUT2D eigenvalue weighted by Crippen LogP contribution is -2.07. The van der Waals surface area contributed by atoms with Crippen LogP contribution in [0, 0.1) is 0 Å². The lowest BCUT2D eigenvalue weighted by Gasteiger charge is -2.15. The van der Waals surface area contributed by atoms with Gasteiger partial charge in [-0.15, -0.1) is 0 Å². The van der Waals surface area contributed by atoms with Crippen molar-refractivity contribution in [2.24, 2.45) is 5.16 Å². The predicted octanol–water partition coefficient (Wildman–Crippen LogP) is 5.29. The Morgan fingerprint density at radius 2 is 1.68 bits per heavy atom. The molecule has 0 spiro atoms. The number of nitrogens with zero attached hydrogens (tertiary/aromatic N) is 1. The van der Waals surface area contributed by atoms with Gasteiger partial charge in [0.1, 0.15) is 18.8 Å². The molecule has 7 heteroatoms. The summed E-state index contributed by atoms with van der Waals surface area (Å²) in [6.45, 7) is 2.35. The molecule has 0 fully saturated rings. The number of carbonyl (C=O) groups is 1. The minimum absolute atomic E-state index is 0.0426. The Balaban J connectivity index is 1.78. The highest BCUT2D eigenvalue weighted by Crippen LogP contribution is 2.30. The molecular formula is C27H27NO6. The van der Waals surface area contributed by atoms with Crippen LogP contribution in [0.2, 0.25) is 0 Å². The molecule has 0 radical (unpaired) electrons. The van der Waals surface area contributed by atoms with Gasteiger partial charge in [0, 0.05) is 5.56 Å². The van der Waals surface area contributed by atoms with Gasteiger partial charge in [-0.1, -0.05) is 59.8 Å². The fraction of sp³-hybridized carbons (Fsp3) is 0.185. The maximum Gasteiger partial charge on any atom is 0.339 e. The number of benzene rings is 3. The second kappa shape index (κ2) is 12.1. The minimum atomic E-state index is -1.09. The number of rotatable bonds is 11. The Morgan fingerprint density at radius 3 is 2.38 bits per heavy atom. The normalized spacial score (nSPS) is 11.6. The van der Waals surface area contributed by atoms with Crippen LogP contribution in [-0.4, -0.2) is 31.0 Å². The third-order valence-electron chi connectivity index (χ3n) is 5.01. The Hall–Kier alpha value is -4.26. The number of aliphatic carboxylic acids is 1. The zero-order valence-corrected chi connectivity index (χ0v) is 19.4. The van der Waals surface area contributed by atoms with E-state index in [1.54, 1.807) is 25.3 Å². The molecule has 0 aliphatic rings. The molecule has 0 bridgehead atoms. The van der Waals surface area contributed by atoms with E-state index in [-0.39, 0.29) is 12.2 Å². The molecular weight excluding hydrogens is 434 g/mol. The molecule has 0 atom stereocenters. The largest absolute Gasteiger partial charge is 0.503 e. The van der Waals surface area contributed by atoms with E-state index in [1.807, 2.05) is 61.5 Å². The first-order chi connectivity index (χ1) is 16.5. The van der Waals surface area contributed by atoms with Gasteiger partial charge in [0.15, 0.2) is 11.5 Å². The summed E-state index contributed by atoms with van der Waals surface area (Å²) < 4.78 is 16.4. The topological polar surface area (TPSA) is 86.6 Å². The van der Waals surface area contributed by atoms with Gasteiger partial charge in [0.25, 0.3) is 0 Å². The summed E-state index contributed by atoms with van der Waals surface area (Å²) in [6.07, 6.45) is 1.21. The van der Waals surface area contributed by atoms with Crippen molar-refractivity contribution in [1.82, 2.24) is 0 Å². The fourth-order valence-electron chi connectivity index (χ4n) is 3.26. The summed E-state index contributed by atoms with van der Waals surface area (Å²) in [5.41, 5.74) is 3.76. The number of carboxylic acid groups (broad SMARTS) is 1. The standard InChI is InChI=1S/C27H27NO6/c1-19(28-34-16-20-9-5-4-6-10-20)21-13-14-25(32-3)26(15-21)33-17-22-11-7-8-12-23(22)24(18-31-2)27(29)30/h4-15,18H,16-17H2,1-3H3,(H,29,30). The Bertz CT molecular complexity index is 1170. The molecule has 0 unspecified atom stereocenters. The summed E-state index contributed by atoms with van der Waals surface area (Å²) in [4.78, 5) is 17.2. The van der Waals surface area contributed by atoms with E-state index >= 15 is 0 Å². The van der Waals surface area contributed by atoms with Gasteiger partial charge in [-0.3, -0.25) is 0 Å². The van der Waals surface area contributed by atoms with Gasteiger partial charge in [0.05, 0.1) is 26.2 Å². The molecule has 3 aromatic rings. The van der Waals surface area contributed by atoms with Crippen molar-refractivity contribution < 1.29 is 28.9 Å². The van der Waals surface area contributed by atoms with Gasteiger partial charge < -0.3 is 24.2 Å². The highest BCUT2D eigenvalue weighted by Gasteiger charge is 2.16. The maximum atomic E-state index is 11.7. The number of ether oxygens (including phenoxy) is 3. The maximum absolute atomic E-state index is 11.7. The van der Waals surface area contributed by atoms with Crippen molar-refractivity contribution in [2.45, 2.75) is 20.1 Å². The average Bonchev–Trinajstić information content (AvgIpc) is 2.86. The highest BCUT2D eigenvalue weighted by molar-refractivity contribution is 6.15. The van der Waals surface area contributed by atoms with Gasteiger partial charge in [-0.05, 0) is 41.8 Å². The zero-order valence-electron chi connectivity index (χ0n) is 19.4. The zero-order chi connectivity index (χ0) is 24.3. The van der Waals surface area contributed by atoms with Gasteiger partial charge >= 0.3 is 5.97 Å². The third kappa shape index (κ3) is 6.38. The van der Waals surface area contributed by atoms with Crippen molar-refractivity contribution in [3.8, 4) is 11.5 Å². The second-order valence-corrected chi connectivity index (χ2v) is 7.32. The van der Waals surface area contributed by atoms with Crippen LogP contribution in [0.4, 0.5) is 0 Å². The summed E-state index contributed by atoms with van der Waals surface area (Å²) in [6, 6.07) is 22.4. The van der Waals surface area contributed by atoms with E-state index in [9.17, 15) is 9.90 Å². The van der Waals surface area contributed by atoms with Crippen LogP contribution in [0.3, 0.4) is 0 Å². The van der Waals surface area contributed by atoms with Gasteiger partial charge in [-0.25, -0.2) is 4.79 Å². The van der Waals surface area contributed by atoms with Crippen LogP contribution in [0.15, 0.2) is 84.2 Å². The van der Waals surface area contributed by atoms with Crippen LogP contribution in [0.25, 0.3) is 5.57 Å². The van der Waals surface area contributed by atoms with Crippen molar-refractivity contribution >= 4 is 17.3 Å². The second-order valence-electron chi connectivity index (χ2n) is 7.32. The van der Waals surface area contributed by atoms with Crippen LogP contribution in [0.5, 0.6) is 11.5 Å². The van der Waals surface area contributed by atoms with Crippen molar-refractivity contribution in [2.75, 3.05) is 14.2 Å². The lowest BCUT2D eigenvalue weighted by atomic mass is 10.0. The van der Waals surface area contributed by atoms with Gasteiger partial charge in [-0.2, -0.15) is 0 Å². The highest BCUT2D eigenvalue weighted by atomic mass is 16.6. The summed E-state index contributed by atoms with van der Waals surface area (Å²) >= 11 is 0. The first kappa shape index (κ1) is 24.4. The Kier molecular flexibility index (Phi) is 8.68. The first-order valence-corrected chi connectivity index (χ1v) is 10.6. The Morgan fingerprint density at radius 1 is 0.941 bits per heavy atom. The first-order valence-electron chi connectivity index (χ1n) is 10.6. The lowest BCUT2D eigenvalue weighted by molar-refractivity contribution is -0.130. The molecule has 34 heavy (non-hydrogen) atoms. The van der Waals surface area contributed by atoms with E-state index in [4.69, 9.17) is 19.0 Å². The number of hydrogen-bond acceptors (Lipinski definition) is 6. The van der Waals surface area contributed by atoms with Crippen molar-refractivity contribution in [1.29, 1.82) is 0 Å². The number of methoxy groups -OCH3 is 2. The van der Waals surface area contributed by atoms with Crippen molar-refractivity contribution in [3.05, 3.63) is 101 Å². The molecule has 0 aromatic heterocycles. The van der Waals surface area contributed by atoms with Gasteiger partial charge in [0.2, 0.25) is 0 Å². The Labute approximate surface area is 198 Å². The number of oxime groups is 1. The molecule has 0 saturated carbocycles. The summed E-state index contributed by atoms with van der Waals surface area (Å²) in [5, 5.41) is 13.8. The molecule has 3 aromatic carbocycles. The fourth-order valence-corrected chi connectivity index (χ4v) is 3.26. The third-order valence-corrected chi connectivity index (χ3v) is 5.01. The van der Waals surface area contributed by atoms with Crippen LogP contribution >= 0.6 is 0 Å². The molecule has 0 aliphatic carbocycles. The van der Waals surface area contributed by atoms with Crippen LogP contribution in [0.1, 0.15) is 29.2 Å². The monoisotopic (exact) mass is 461 g/mol. The average molecular weight is 462 g/mol. The summed E-state index contributed by atoms with van der Waals surface area (Å²) in [7, 11) is 2.97. The molecule has 0 heterocycles. The van der Waals surface area contributed by atoms with E-state index in [0.29, 0.717) is 34.9 Å². The number of carboxylic acids is 1. The minimum Gasteiger partial charge on any atom is -0.503 e. The summed E-state index contributed by atoms with van der Waals surface area (Å²) in [5.74, 6) is -0.0404. The van der Waals surface area contributed by atoms with E-state index < -0.39 is 5.97 Å². The predicted molar refractivity (Wildman–Crippen MR) is 130 cm³/mol. The molecule has 7 nitrogen and oxygen atoms in total. The molecule has 176 valence electrons. The molecule has 0 amide bonds. The molecule has 1 N–H and O–H groups in total. The molecule has 3 rings (SSSR count). The van der Waals surface area contributed by atoms with E-state index in [1.165, 1.54) is 13.4 Å².